The summed E-state index contributed by atoms with van der Waals surface area (Å²) < 4.78 is 0. The first-order chi connectivity index (χ1) is 10.3. The van der Waals surface area contributed by atoms with Crippen molar-refractivity contribution in [2.75, 3.05) is 11.4 Å². The maximum Gasteiger partial charge on any atom is 0.133 e. The molecule has 3 nitrogen and oxygen atoms in total. The summed E-state index contributed by atoms with van der Waals surface area (Å²) in [5.41, 5.74) is 4.02. The molecule has 1 aromatic carbocycles. The first kappa shape index (κ1) is 14.1. The van der Waals surface area contributed by atoms with Crippen LogP contribution in [0.2, 0.25) is 0 Å². The van der Waals surface area contributed by atoms with Crippen molar-refractivity contribution in [2.45, 2.75) is 39.3 Å². The Morgan fingerprint density at radius 1 is 1.29 bits per heavy atom. The fourth-order valence-corrected chi connectivity index (χ4v) is 3.03. The SMILES string of the molecule is CCCNCc1ccnc(N2c3ccccc3CC2C)c1. The van der Waals surface area contributed by atoms with E-state index in [0.29, 0.717) is 6.04 Å². The Morgan fingerprint density at radius 3 is 3.00 bits per heavy atom. The minimum Gasteiger partial charge on any atom is -0.323 e. The van der Waals surface area contributed by atoms with Gasteiger partial charge in [0.15, 0.2) is 0 Å². The molecule has 0 spiro atoms. The summed E-state index contributed by atoms with van der Waals surface area (Å²) in [5, 5.41) is 3.45. The van der Waals surface area contributed by atoms with Gasteiger partial charge in [0, 0.05) is 24.5 Å². The number of benzene rings is 1. The number of fused-ring (bicyclic) bond motifs is 1. The number of hydrogen-bond acceptors (Lipinski definition) is 3. The van der Waals surface area contributed by atoms with E-state index in [1.807, 2.05) is 6.20 Å². The first-order valence-corrected chi connectivity index (χ1v) is 7.82. The van der Waals surface area contributed by atoms with Crippen molar-refractivity contribution in [1.29, 1.82) is 0 Å². The number of nitrogens with one attached hydrogen (secondary N) is 1. The number of hydrogen-bond donors (Lipinski definition) is 1. The molecule has 21 heavy (non-hydrogen) atoms. The van der Waals surface area contributed by atoms with Crippen LogP contribution in [0.4, 0.5) is 11.5 Å². The molecule has 1 aromatic heterocycles. The van der Waals surface area contributed by atoms with Crippen molar-refractivity contribution in [3.63, 3.8) is 0 Å². The lowest BCUT2D eigenvalue weighted by molar-refractivity contribution is 0.674. The quantitative estimate of drug-likeness (QED) is 0.848. The Labute approximate surface area is 127 Å². The van der Waals surface area contributed by atoms with E-state index in [9.17, 15) is 0 Å². The van der Waals surface area contributed by atoms with Gasteiger partial charge in [-0.05, 0) is 55.6 Å². The monoisotopic (exact) mass is 281 g/mol. The Hall–Kier alpha value is -1.87. The van der Waals surface area contributed by atoms with Gasteiger partial charge in [-0.1, -0.05) is 25.1 Å². The van der Waals surface area contributed by atoms with Crippen LogP contribution in [0.5, 0.6) is 0 Å². The Bertz CT molecular complexity index is 609. The van der Waals surface area contributed by atoms with E-state index >= 15 is 0 Å². The van der Waals surface area contributed by atoms with E-state index in [-0.39, 0.29) is 0 Å². The van der Waals surface area contributed by atoms with Crippen molar-refractivity contribution in [3.8, 4) is 0 Å². The Balaban J connectivity index is 1.85. The summed E-state index contributed by atoms with van der Waals surface area (Å²) in [7, 11) is 0. The fraction of sp³-hybridized carbons (Fsp3) is 0.389. The van der Waals surface area contributed by atoms with Gasteiger partial charge in [0.25, 0.3) is 0 Å². The number of rotatable bonds is 5. The molecule has 3 heteroatoms. The van der Waals surface area contributed by atoms with Gasteiger partial charge >= 0.3 is 0 Å². The van der Waals surface area contributed by atoms with Crippen molar-refractivity contribution in [1.82, 2.24) is 10.3 Å². The van der Waals surface area contributed by atoms with Gasteiger partial charge in [-0.25, -0.2) is 4.98 Å². The first-order valence-electron chi connectivity index (χ1n) is 7.82. The molecule has 0 amide bonds. The summed E-state index contributed by atoms with van der Waals surface area (Å²) in [5.74, 6) is 1.06. The van der Waals surface area contributed by atoms with Crippen LogP contribution in [0.3, 0.4) is 0 Å². The molecule has 2 heterocycles. The molecule has 1 atom stereocenters. The zero-order valence-electron chi connectivity index (χ0n) is 12.8. The van der Waals surface area contributed by atoms with Crippen LogP contribution in [0.25, 0.3) is 0 Å². The summed E-state index contributed by atoms with van der Waals surface area (Å²) >= 11 is 0. The molecular formula is C18H23N3. The second kappa shape index (κ2) is 6.27. The maximum absolute atomic E-state index is 4.60. The summed E-state index contributed by atoms with van der Waals surface area (Å²) in [6, 6.07) is 13.4. The average molecular weight is 281 g/mol. The van der Waals surface area contributed by atoms with Crippen LogP contribution in [0.15, 0.2) is 42.6 Å². The average Bonchev–Trinajstić information content (AvgIpc) is 2.83. The number of aromatic nitrogens is 1. The molecule has 3 rings (SSSR count). The smallest absolute Gasteiger partial charge is 0.133 e. The van der Waals surface area contributed by atoms with Crippen LogP contribution in [-0.4, -0.2) is 17.6 Å². The van der Waals surface area contributed by atoms with Crippen LogP contribution in [0.1, 0.15) is 31.4 Å². The third-order valence-electron chi connectivity index (χ3n) is 4.02. The zero-order valence-corrected chi connectivity index (χ0v) is 12.8. The Kier molecular flexibility index (Phi) is 4.20. The molecule has 0 bridgehead atoms. The van der Waals surface area contributed by atoms with E-state index in [1.54, 1.807) is 0 Å². The molecule has 2 aromatic rings. The number of nitrogens with zero attached hydrogens (tertiary/aromatic N) is 2. The molecule has 0 radical (unpaired) electrons. The van der Waals surface area contributed by atoms with Gasteiger partial charge < -0.3 is 10.2 Å². The van der Waals surface area contributed by atoms with Crippen molar-refractivity contribution in [3.05, 3.63) is 53.7 Å². The molecule has 110 valence electrons. The van der Waals surface area contributed by atoms with Gasteiger partial charge in [0.05, 0.1) is 0 Å². The highest BCUT2D eigenvalue weighted by atomic mass is 15.2. The number of para-hydroxylation sites is 1. The van der Waals surface area contributed by atoms with Crippen molar-refractivity contribution in [2.24, 2.45) is 0 Å². The van der Waals surface area contributed by atoms with Crippen LogP contribution < -0.4 is 10.2 Å². The fourth-order valence-electron chi connectivity index (χ4n) is 3.03. The predicted molar refractivity (Wildman–Crippen MR) is 88.0 cm³/mol. The predicted octanol–water partition coefficient (Wildman–Crippen LogP) is 3.66. The third-order valence-corrected chi connectivity index (χ3v) is 4.02. The largest absolute Gasteiger partial charge is 0.323 e. The van der Waals surface area contributed by atoms with Gasteiger partial charge in [-0.2, -0.15) is 0 Å². The Morgan fingerprint density at radius 2 is 2.14 bits per heavy atom. The summed E-state index contributed by atoms with van der Waals surface area (Å²) in [6.07, 6.45) is 4.18. The van der Waals surface area contributed by atoms with Gasteiger partial charge in [-0.15, -0.1) is 0 Å². The van der Waals surface area contributed by atoms with E-state index < -0.39 is 0 Å². The normalized spacial score (nSPS) is 17.0. The lowest BCUT2D eigenvalue weighted by Gasteiger charge is -2.24. The lowest BCUT2D eigenvalue weighted by atomic mass is 10.1. The van der Waals surface area contributed by atoms with Crippen LogP contribution in [-0.2, 0) is 13.0 Å². The van der Waals surface area contributed by atoms with Crippen molar-refractivity contribution >= 4 is 11.5 Å². The van der Waals surface area contributed by atoms with Crippen LogP contribution >= 0.6 is 0 Å². The second-order valence-corrected chi connectivity index (χ2v) is 5.75. The highest BCUT2D eigenvalue weighted by Crippen LogP contribution is 2.37. The molecular weight excluding hydrogens is 258 g/mol. The molecule has 0 saturated heterocycles. The van der Waals surface area contributed by atoms with E-state index in [1.165, 1.54) is 16.8 Å². The standard InChI is InChI=1S/C18H23N3/c1-3-9-19-13-15-8-10-20-18(12-15)21-14(2)11-16-6-4-5-7-17(16)21/h4-8,10,12,14,19H,3,9,11,13H2,1-2H3. The summed E-state index contributed by atoms with van der Waals surface area (Å²) in [4.78, 5) is 6.96. The molecule has 0 fully saturated rings. The maximum atomic E-state index is 4.60. The van der Waals surface area contributed by atoms with Gasteiger partial charge in [-0.3, -0.25) is 0 Å². The number of pyridine rings is 1. The van der Waals surface area contributed by atoms with Crippen molar-refractivity contribution < 1.29 is 0 Å². The minimum atomic E-state index is 0.466. The topological polar surface area (TPSA) is 28.2 Å². The van der Waals surface area contributed by atoms with Crippen LogP contribution in [0, 0.1) is 0 Å². The highest BCUT2D eigenvalue weighted by Gasteiger charge is 2.27. The lowest BCUT2D eigenvalue weighted by Crippen LogP contribution is -2.25. The van der Waals surface area contributed by atoms with E-state index in [0.717, 1.165) is 31.7 Å². The molecule has 0 saturated carbocycles. The van der Waals surface area contributed by atoms with E-state index in [4.69, 9.17) is 0 Å². The minimum absolute atomic E-state index is 0.466. The highest BCUT2D eigenvalue weighted by molar-refractivity contribution is 5.69. The molecule has 1 aliphatic rings. The zero-order chi connectivity index (χ0) is 14.7. The third kappa shape index (κ3) is 2.93. The molecule has 0 aliphatic carbocycles. The molecule has 1 unspecified atom stereocenters. The summed E-state index contributed by atoms with van der Waals surface area (Å²) in [6.45, 7) is 6.42. The second-order valence-electron chi connectivity index (χ2n) is 5.75. The van der Waals surface area contributed by atoms with Gasteiger partial charge in [0.1, 0.15) is 5.82 Å². The molecule has 1 aliphatic heterocycles. The van der Waals surface area contributed by atoms with E-state index in [2.05, 4.69) is 65.4 Å². The molecule has 1 N–H and O–H groups in total. The van der Waals surface area contributed by atoms with Gasteiger partial charge in [0.2, 0.25) is 0 Å². The number of anilines is 2.